The monoisotopic (exact) mass is 805 g/mol. The van der Waals surface area contributed by atoms with E-state index in [4.69, 9.17) is 23.6 Å². The van der Waals surface area contributed by atoms with Gasteiger partial charge in [-0.25, -0.2) is 4.57 Å². The molecule has 3 atom stereocenters. The highest BCUT2D eigenvalue weighted by atomic mass is 31.2. The van der Waals surface area contributed by atoms with Gasteiger partial charge in [-0.3, -0.25) is 13.8 Å². The molecule has 0 heterocycles. The molecule has 0 saturated carbocycles. The van der Waals surface area contributed by atoms with Crippen LogP contribution in [-0.2, 0) is 27.9 Å². The Morgan fingerprint density at radius 2 is 0.927 bits per heavy atom. The highest BCUT2D eigenvalue weighted by Gasteiger charge is 2.26. The quantitative estimate of drug-likeness (QED) is 0.0238. The minimum absolute atomic E-state index is 0.0520. The van der Waals surface area contributed by atoms with Crippen LogP contribution in [0.5, 0.6) is 0 Å². The molecule has 9 nitrogen and oxygen atoms in total. The smallest absolute Gasteiger partial charge is 0.457 e. The van der Waals surface area contributed by atoms with Crippen molar-refractivity contribution in [1.29, 1.82) is 0 Å². The summed E-state index contributed by atoms with van der Waals surface area (Å²) in [6, 6.07) is 0. The standard InChI is InChI=1S/C45H89O9P/c1-3-5-7-9-11-13-15-17-19-21-22-24-26-28-30-32-34-36-38-51-41-44(42-53-55(49,50)52-40-43(47)39-46)54-45(48)37-35-33-31-29-27-25-23-20-18-16-14-12-10-8-6-4-2/h20,23,43-44,46-47H,3-19,21-22,24-42H2,1-2H3,(H,49,50)/b23-20-. The minimum Gasteiger partial charge on any atom is -0.457 e. The van der Waals surface area contributed by atoms with E-state index in [1.165, 1.54) is 154 Å². The number of unbranched alkanes of at least 4 members (excludes halogenated alkanes) is 29. The van der Waals surface area contributed by atoms with E-state index in [1.807, 2.05) is 0 Å². The average molecular weight is 805 g/mol. The van der Waals surface area contributed by atoms with Crippen molar-refractivity contribution in [2.75, 3.05) is 33.0 Å². The zero-order chi connectivity index (χ0) is 40.3. The number of phosphoric acid groups is 1. The maximum atomic E-state index is 12.6. The van der Waals surface area contributed by atoms with Crippen LogP contribution in [0.1, 0.15) is 226 Å². The van der Waals surface area contributed by atoms with Crippen LogP contribution in [0.4, 0.5) is 0 Å². The lowest BCUT2D eigenvalue weighted by molar-refractivity contribution is -0.154. The van der Waals surface area contributed by atoms with E-state index >= 15 is 0 Å². The molecule has 0 spiro atoms. The topological polar surface area (TPSA) is 132 Å². The fourth-order valence-electron chi connectivity index (χ4n) is 6.65. The second-order valence-corrected chi connectivity index (χ2v) is 17.2. The fourth-order valence-corrected chi connectivity index (χ4v) is 7.44. The number of rotatable bonds is 45. The van der Waals surface area contributed by atoms with Gasteiger partial charge in [0, 0.05) is 13.0 Å². The van der Waals surface area contributed by atoms with E-state index in [1.54, 1.807) is 0 Å². The van der Waals surface area contributed by atoms with Crippen LogP contribution >= 0.6 is 7.82 Å². The molecule has 0 aliphatic rings. The van der Waals surface area contributed by atoms with Crippen molar-refractivity contribution in [3.63, 3.8) is 0 Å². The van der Waals surface area contributed by atoms with Gasteiger partial charge >= 0.3 is 13.8 Å². The number of esters is 1. The van der Waals surface area contributed by atoms with Crippen molar-refractivity contribution >= 4 is 13.8 Å². The Kier molecular flexibility index (Phi) is 42.2. The number of carbonyl (C=O) groups excluding carboxylic acids is 1. The lowest BCUT2D eigenvalue weighted by Gasteiger charge is -2.20. The van der Waals surface area contributed by atoms with Gasteiger partial charge in [0.25, 0.3) is 0 Å². The van der Waals surface area contributed by atoms with Gasteiger partial charge in [-0.1, -0.05) is 193 Å². The van der Waals surface area contributed by atoms with Gasteiger partial charge in [0.1, 0.15) is 12.2 Å². The van der Waals surface area contributed by atoms with Gasteiger partial charge in [-0.2, -0.15) is 0 Å². The molecule has 0 aromatic carbocycles. The largest absolute Gasteiger partial charge is 0.472 e. The summed E-state index contributed by atoms with van der Waals surface area (Å²) < 4.78 is 33.4. The maximum absolute atomic E-state index is 12.6. The van der Waals surface area contributed by atoms with Crippen LogP contribution in [0.3, 0.4) is 0 Å². The van der Waals surface area contributed by atoms with E-state index in [9.17, 15) is 19.4 Å². The van der Waals surface area contributed by atoms with Gasteiger partial charge in [0.05, 0.1) is 26.4 Å². The summed E-state index contributed by atoms with van der Waals surface area (Å²) in [7, 11) is -4.51. The first-order valence-corrected chi connectivity index (χ1v) is 24.7. The molecule has 0 bridgehead atoms. The molecule has 55 heavy (non-hydrogen) atoms. The molecule has 0 fully saturated rings. The summed E-state index contributed by atoms with van der Waals surface area (Å²) in [6.45, 7) is 3.56. The highest BCUT2D eigenvalue weighted by molar-refractivity contribution is 7.47. The molecule has 328 valence electrons. The molecular weight excluding hydrogens is 715 g/mol. The highest BCUT2D eigenvalue weighted by Crippen LogP contribution is 2.43. The second-order valence-electron chi connectivity index (χ2n) is 15.8. The first-order valence-electron chi connectivity index (χ1n) is 23.2. The van der Waals surface area contributed by atoms with Crippen LogP contribution in [0.2, 0.25) is 0 Å². The molecule has 0 aliphatic carbocycles. The Labute approximate surface area is 339 Å². The van der Waals surface area contributed by atoms with Crippen molar-refractivity contribution in [3.8, 4) is 0 Å². The maximum Gasteiger partial charge on any atom is 0.472 e. The van der Waals surface area contributed by atoms with E-state index in [-0.39, 0.29) is 25.6 Å². The summed E-state index contributed by atoms with van der Waals surface area (Å²) in [6.07, 6.45) is 43.1. The Hall–Kier alpha value is -0.800. The zero-order valence-electron chi connectivity index (χ0n) is 35.9. The lowest BCUT2D eigenvalue weighted by Crippen LogP contribution is -2.29. The Balaban J connectivity index is 4.11. The van der Waals surface area contributed by atoms with Crippen molar-refractivity contribution in [2.45, 2.75) is 238 Å². The van der Waals surface area contributed by atoms with Crippen molar-refractivity contribution < 1.29 is 43.0 Å². The fraction of sp³-hybridized carbons (Fsp3) is 0.933. The van der Waals surface area contributed by atoms with E-state index in [0.29, 0.717) is 6.61 Å². The molecule has 3 N–H and O–H groups in total. The number of hydrogen-bond donors (Lipinski definition) is 3. The van der Waals surface area contributed by atoms with Gasteiger partial charge in [-0.05, 0) is 38.5 Å². The van der Waals surface area contributed by atoms with Crippen LogP contribution in [0.25, 0.3) is 0 Å². The van der Waals surface area contributed by atoms with Gasteiger partial charge in [0.15, 0.2) is 0 Å². The Bertz CT molecular complexity index is 871. The summed E-state index contributed by atoms with van der Waals surface area (Å²) >= 11 is 0. The SMILES string of the molecule is CCCCCCCCC/C=C\CCCCCCCC(=O)OC(COCCCCCCCCCCCCCCCCCCCC)COP(=O)(O)OCC(O)CO. The van der Waals surface area contributed by atoms with Gasteiger partial charge in [-0.15, -0.1) is 0 Å². The predicted octanol–water partition coefficient (Wildman–Crippen LogP) is 12.9. The molecular formula is C45H89O9P. The van der Waals surface area contributed by atoms with E-state index in [0.717, 1.165) is 51.4 Å². The summed E-state index contributed by atoms with van der Waals surface area (Å²) in [5.74, 6) is -0.386. The molecule has 0 radical (unpaired) electrons. The zero-order valence-corrected chi connectivity index (χ0v) is 36.8. The number of aliphatic hydroxyl groups excluding tert-OH is 2. The van der Waals surface area contributed by atoms with Crippen LogP contribution in [0.15, 0.2) is 12.2 Å². The molecule has 0 aliphatic heterocycles. The predicted molar refractivity (Wildman–Crippen MR) is 228 cm³/mol. The minimum atomic E-state index is -4.51. The Morgan fingerprint density at radius 3 is 1.36 bits per heavy atom. The van der Waals surface area contributed by atoms with Crippen molar-refractivity contribution in [1.82, 2.24) is 0 Å². The third-order valence-corrected chi connectivity index (χ3v) is 11.2. The second kappa shape index (κ2) is 42.8. The first kappa shape index (κ1) is 54.2. The third kappa shape index (κ3) is 42.6. The molecule has 0 aromatic heterocycles. The van der Waals surface area contributed by atoms with Crippen molar-refractivity contribution in [2.24, 2.45) is 0 Å². The lowest BCUT2D eigenvalue weighted by atomic mass is 10.0. The normalized spacial score (nSPS) is 14.1. The average Bonchev–Trinajstić information content (AvgIpc) is 3.18. The Morgan fingerprint density at radius 1 is 0.545 bits per heavy atom. The molecule has 3 unspecified atom stereocenters. The number of phosphoric ester groups is 1. The molecule has 0 saturated heterocycles. The van der Waals surface area contributed by atoms with Gasteiger partial charge in [0.2, 0.25) is 0 Å². The molecule has 0 amide bonds. The van der Waals surface area contributed by atoms with Crippen LogP contribution in [-0.4, -0.2) is 66.3 Å². The summed E-state index contributed by atoms with van der Waals surface area (Å²) in [5.41, 5.74) is 0. The summed E-state index contributed by atoms with van der Waals surface area (Å²) in [5, 5.41) is 18.4. The number of allylic oxidation sites excluding steroid dienone is 2. The van der Waals surface area contributed by atoms with Crippen LogP contribution < -0.4 is 0 Å². The molecule has 0 aromatic rings. The van der Waals surface area contributed by atoms with Crippen molar-refractivity contribution in [3.05, 3.63) is 12.2 Å². The summed E-state index contributed by atoms with van der Waals surface area (Å²) in [4.78, 5) is 22.6. The third-order valence-electron chi connectivity index (χ3n) is 10.2. The first-order chi connectivity index (χ1) is 26.8. The van der Waals surface area contributed by atoms with E-state index < -0.39 is 33.2 Å². The van der Waals surface area contributed by atoms with Gasteiger partial charge < -0.3 is 24.6 Å². The number of hydrogen-bond acceptors (Lipinski definition) is 8. The molecule has 10 heteroatoms. The number of carbonyl (C=O) groups is 1. The van der Waals surface area contributed by atoms with Crippen LogP contribution in [0, 0.1) is 0 Å². The number of aliphatic hydroxyl groups is 2. The number of ether oxygens (including phenoxy) is 2. The molecule has 0 rings (SSSR count). The van der Waals surface area contributed by atoms with E-state index in [2.05, 4.69) is 26.0 Å².